The molecule has 0 aliphatic carbocycles. The van der Waals surface area contributed by atoms with Crippen LogP contribution in [0.3, 0.4) is 0 Å². The zero-order valence-electron chi connectivity index (χ0n) is 34.9. The summed E-state index contributed by atoms with van der Waals surface area (Å²) in [6, 6.07) is 15.6. The minimum absolute atomic E-state index is 0. The number of para-hydroxylation sites is 1. The van der Waals surface area contributed by atoms with Crippen LogP contribution in [0.4, 0.5) is 5.69 Å². The summed E-state index contributed by atoms with van der Waals surface area (Å²) in [7, 11) is 0. The summed E-state index contributed by atoms with van der Waals surface area (Å²) in [6.07, 6.45) is 6.17. The molecule has 0 unspecified atom stereocenters. The maximum absolute atomic E-state index is 11.0. The van der Waals surface area contributed by atoms with E-state index in [0.29, 0.717) is 39.7 Å². The number of hydroxylamine groups is 2. The molecule has 6 rings (SSSR count). The Kier molecular flexibility index (Phi) is 78.2. The van der Waals surface area contributed by atoms with Gasteiger partial charge in [0, 0.05) is 68.3 Å². The van der Waals surface area contributed by atoms with E-state index in [9.17, 15) is 43.7 Å². The molecule has 24 heteroatoms. The lowest BCUT2D eigenvalue weighted by Gasteiger charge is -2.10. The van der Waals surface area contributed by atoms with Crippen molar-refractivity contribution in [2.45, 2.75) is 191 Å². The number of ether oxygens (including phenoxy) is 2. The minimum Gasteiger partial charge on any atom is -0.427 e. The number of benzene rings is 3. The molecule has 1 aliphatic heterocycles. The molecule has 3 aromatic carbocycles. The predicted molar refractivity (Wildman–Crippen MR) is 328 cm³/mol. The fourth-order valence-electron chi connectivity index (χ4n) is 4.04. The average Bonchev–Trinajstić information content (AvgIpc) is 4.03. The average molecular weight is 1190 g/mol. The number of imide groups is 1. The van der Waals surface area contributed by atoms with Gasteiger partial charge in [0.25, 0.3) is 17.5 Å². The number of fused-ring (bicyclic) bond motifs is 1. The summed E-state index contributed by atoms with van der Waals surface area (Å²) in [5.41, 5.74) is 1.37. The van der Waals surface area contributed by atoms with Gasteiger partial charge in [0.1, 0.15) is 23.1 Å². The lowest BCUT2D eigenvalue weighted by Crippen LogP contribution is -2.31. The van der Waals surface area contributed by atoms with Crippen molar-refractivity contribution in [2.75, 3.05) is 0 Å². The Morgan fingerprint density at radius 2 is 1.00 bits per heavy atom. The van der Waals surface area contributed by atoms with Crippen LogP contribution in [0.15, 0.2) is 79.4 Å². The number of halogens is 3. The Bertz CT molecular complexity index is 2350. The molecule has 1 saturated heterocycles. The second-order valence-electron chi connectivity index (χ2n) is 12.0. The fraction of sp³-hybridized carbons (Fsp3) is 0.491. The van der Waals surface area contributed by atoms with Gasteiger partial charge < -0.3 is 24.0 Å². The third kappa shape index (κ3) is 39.1. The van der Waals surface area contributed by atoms with E-state index in [1.165, 1.54) is 47.5 Å². The Morgan fingerprint density at radius 3 is 1.42 bits per heavy atom. The molecule has 2 aromatic heterocycles. The summed E-state index contributed by atoms with van der Waals surface area (Å²) in [5.74, 6) is -2.33. The highest BCUT2D eigenvalue weighted by Gasteiger charge is 2.32. The summed E-state index contributed by atoms with van der Waals surface area (Å²) in [5, 5.41) is 19.2. The number of esters is 2. The van der Waals surface area contributed by atoms with E-state index >= 15 is 0 Å². The second-order valence-corrected chi connectivity index (χ2v) is 13.3. The van der Waals surface area contributed by atoms with Crippen molar-refractivity contribution in [3.05, 3.63) is 105 Å². The molecular formula is C55H102Cl3N7O14. The number of hydrogen-bond donors (Lipinski definition) is 0. The number of nitro groups is 1. The monoisotopic (exact) mass is 1190 g/mol. The zero-order chi connectivity index (χ0) is 47.8. The maximum atomic E-state index is 11.0. The molecule has 3 heterocycles. The Morgan fingerprint density at radius 1 is 0.582 bits per heavy atom. The first-order valence-corrected chi connectivity index (χ1v) is 20.2. The highest BCUT2D eigenvalue weighted by Crippen LogP contribution is 2.36. The van der Waals surface area contributed by atoms with Crippen molar-refractivity contribution >= 4 is 93.2 Å². The van der Waals surface area contributed by atoms with Gasteiger partial charge in [0.15, 0.2) is 5.75 Å². The zero-order valence-corrected chi connectivity index (χ0v) is 37.2. The Hall–Kier alpha value is -6.97. The van der Waals surface area contributed by atoms with E-state index in [4.69, 9.17) is 54.0 Å². The second kappa shape index (κ2) is 57.2. The first-order valence-electron chi connectivity index (χ1n) is 19.0. The maximum Gasteiger partial charge on any atom is 0.334 e. The number of carbonyl (C=O) groups excluding carboxylic acids is 7. The van der Waals surface area contributed by atoms with Crippen LogP contribution in [0.1, 0.15) is 191 Å². The normalized spacial score (nSPS) is 9.04. The van der Waals surface area contributed by atoms with Gasteiger partial charge >= 0.3 is 29.8 Å². The van der Waals surface area contributed by atoms with Crippen LogP contribution in [0.2, 0.25) is 15.1 Å². The number of non-ortho nitro benzene ring substituents is 1. The number of imidazole rings is 1. The Balaban J connectivity index is -0.0000000534. The lowest BCUT2D eigenvalue weighted by atomic mass is 10.3. The van der Waals surface area contributed by atoms with Gasteiger partial charge in [0.2, 0.25) is 0 Å². The number of amides is 2. The highest BCUT2D eigenvalue weighted by atomic mass is 35.5. The van der Waals surface area contributed by atoms with E-state index in [2.05, 4.69) is 20.1 Å². The number of hydrogen-bond acceptors (Lipinski definition) is 17. The van der Waals surface area contributed by atoms with Crippen LogP contribution in [0, 0.1) is 10.1 Å². The molecule has 0 spiro atoms. The quantitative estimate of drug-likeness (QED) is 0.0297. The van der Waals surface area contributed by atoms with Gasteiger partial charge in [-0.2, -0.15) is 4.73 Å². The molecule has 0 atom stereocenters. The SMILES string of the molecule is C.C.C.C.C.C.C.C.C.C.C.C.C.C.C.CCC(=O)ON1C(=O)CCC1=O.CCC(=O)Oc1c(Cl)cc(Cl)cc1Cl.CCC(=O)Oc1ccc([N+](=O)[O-])cc1.CCC(=O)On1ccnc1.CCC(=O)On1nnc2ccccc21. The topological polar surface area (TPSA) is 261 Å². The minimum atomic E-state index is -0.571. The molecule has 79 heavy (non-hydrogen) atoms. The van der Waals surface area contributed by atoms with E-state index < -0.39 is 28.7 Å². The molecule has 21 nitrogen and oxygen atoms in total. The summed E-state index contributed by atoms with van der Waals surface area (Å²) < 4.78 is 11.0. The molecule has 462 valence electrons. The highest BCUT2D eigenvalue weighted by molar-refractivity contribution is 6.40. The summed E-state index contributed by atoms with van der Waals surface area (Å²) >= 11 is 17.3. The summed E-state index contributed by atoms with van der Waals surface area (Å²) in [6.45, 7) is 8.40. The largest absolute Gasteiger partial charge is 0.427 e. The predicted octanol–water partition coefficient (Wildman–Crippen LogP) is 16.5. The first kappa shape index (κ1) is 108. The summed E-state index contributed by atoms with van der Waals surface area (Å²) in [4.78, 5) is 105. The molecule has 0 radical (unpaired) electrons. The fourth-order valence-corrected chi connectivity index (χ4v) is 4.93. The van der Waals surface area contributed by atoms with Crippen LogP contribution in [0.25, 0.3) is 11.0 Å². The van der Waals surface area contributed by atoms with E-state index in [-0.39, 0.29) is 183 Å². The van der Waals surface area contributed by atoms with Crippen LogP contribution in [0.5, 0.6) is 11.5 Å². The first-order chi connectivity index (χ1) is 30.5. The molecule has 0 saturated carbocycles. The van der Waals surface area contributed by atoms with Crippen LogP contribution in [-0.4, -0.2) is 76.5 Å². The number of nitrogens with zero attached hydrogens (tertiary/aromatic N) is 7. The third-order valence-electron chi connectivity index (χ3n) is 7.30. The molecule has 0 bridgehead atoms. The van der Waals surface area contributed by atoms with Gasteiger partial charge in [0.05, 0.1) is 21.2 Å². The van der Waals surface area contributed by atoms with Crippen LogP contribution >= 0.6 is 34.8 Å². The number of aromatic nitrogens is 5. The van der Waals surface area contributed by atoms with Crippen molar-refractivity contribution in [1.29, 1.82) is 0 Å². The number of carbonyl (C=O) groups is 7. The molecular weight excluding hydrogens is 1090 g/mol. The van der Waals surface area contributed by atoms with Crippen molar-refractivity contribution in [3.8, 4) is 11.5 Å². The molecule has 2 amide bonds. The van der Waals surface area contributed by atoms with Crippen molar-refractivity contribution in [1.82, 2.24) is 29.9 Å². The third-order valence-corrected chi connectivity index (χ3v) is 8.08. The van der Waals surface area contributed by atoms with Crippen LogP contribution < -0.4 is 19.1 Å². The standard InChI is InChI=1S/C9H7Cl3O2.C9H9N3O2.C9H9NO4.C7H9NO4.C6H8N2O2.15CH4/c1-2-8(13)14-9-6(11)3-5(10)4-7(9)12;1-2-9(13)14-12-8-6-4-3-5-7(8)10-11-12;1-2-9(11)14-8-5-3-7(4-6-8)10(12)13;1-2-7(11)12-8-5(9)3-4-6(8)10;1-2-6(9)10-8-4-3-7-5-8;;;;;;;;;;;;;;;/h3-4H,2H2,1H3;2*3-6H,2H2,1H3;2-4H2,1H3;3-5H,2H2,1H3;15*1H4. The van der Waals surface area contributed by atoms with Crippen molar-refractivity contribution in [3.63, 3.8) is 0 Å². The van der Waals surface area contributed by atoms with Gasteiger partial charge in [-0.15, -0.1) is 10.2 Å². The van der Waals surface area contributed by atoms with Gasteiger partial charge in [-0.05, 0) is 41.6 Å². The van der Waals surface area contributed by atoms with E-state index in [1.807, 2.05) is 12.1 Å². The van der Waals surface area contributed by atoms with Crippen molar-refractivity contribution < 1.29 is 62.5 Å². The Labute approximate surface area is 490 Å². The van der Waals surface area contributed by atoms with Crippen molar-refractivity contribution in [2.24, 2.45) is 0 Å². The van der Waals surface area contributed by atoms with E-state index in [0.717, 1.165) is 4.85 Å². The molecule has 0 N–H and O–H groups in total. The van der Waals surface area contributed by atoms with Gasteiger partial charge in [-0.3, -0.25) is 29.3 Å². The molecule has 5 aromatic rings. The number of rotatable bonds is 11. The molecule has 1 fully saturated rings. The van der Waals surface area contributed by atoms with Gasteiger partial charge in [-0.1, -0.05) is 198 Å². The molecule has 1 aliphatic rings. The van der Waals surface area contributed by atoms with Gasteiger partial charge in [-0.25, -0.2) is 19.4 Å². The number of nitro benzene ring substituents is 1. The smallest absolute Gasteiger partial charge is 0.334 e. The lowest BCUT2D eigenvalue weighted by molar-refractivity contribution is -0.384. The van der Waals surface area contributed by atoms with Crippen LogP contribution in [-0.2, 0) is 38.4 Å². The van der Waals surface area contributed by atoms with E-state index in [1.54, 1.807) is 59.1 Å².